The molecule has 0 aliphatic rings. The fraction of sp³-hybridized carbons (Fsp3) is 0.429. The van der Waals surface area contributed by atoms with Gasteiger partial charge >= 0.3 is 0 Å². The molecule has 0 spiro atoms. The number of aliphatic hydroxyl groups is 1. The molecule has 0 aliphatic carbocycles. The first-order valence-corrected chi connectivity index (χ1v) is 7.42. The van der Waals surface area contributed by atoms with Crippen molar-refractivity contribution in [2.75, 3.05) is 19.8 Å². The van der Waals surface area contributed by atoms with E-state index in [1.807, 2.05) is 12.1 Å². The maximum absolute atomic E-state index is 8.79. The molecular formula is C14H17Cl2N3O2. The molecule has 2 rings (SSSR count). The van der Waals surface area contributed by atoms with Gasteiger partial charge in [0.2, 0.25) is 0 Å². The molecule has 0 saturated carbocycles. The highest BCUT2D eigenvalue weighted by Crippen LogP contribution is 2.29. The van der Waals surface area contributed by atoms with Crippen molar-refractivity contribution in [3.05, 3.63) is 46.5 Å². The van der Waals surface area contributed by atoms with E-state index in [1.54, 1.807) is 17.1 Å². The molecule has 0 bridgehead atoms. The lowest BCUT2D eigenvalue weighted by atomic mass is 10.00. The van der Waals surface area contributed by atoms with Crippen LogP contribution in [-0.4, -0.2) is 39.7 Å². The highest BCUT2D eigenvalue weighted by Gasteiger charge is 2.17. The van der Waals surface area contributed by atoms with Crippen molar-refractivity contribution in [1.29, 1.82) is 0 Å². The molecule has 7 heteroatoms. The van der Waals surface area contributed by atoms with Gasteiger partial charge in [0.1, 0.15) is 12.7 Å². The number of aromatic nitrogens is 3. The van der Waals surface area contributed by atoms with Crippen LogP contribution >= 0.6 is 23.2 Å². The third-order valence-corrected chi connectivity index (χ3v) is 3.60. The van der Waals surface area contributed by atoms with Crippen molar-refractivity contribution in [1.82, 2.24) is 14.8 Å². The van der Waals surface area contributed by atoms with Crippen molar-refractivity contribution in [3.63, 3.8) is 0 Å². The molecule has 0 aliphatic heterocycles. The van der Waals surface area contributed by atoms with Crippen LogP contribution in [0.25, 0.3) is 0 Å². The Morgan fingerprint density at radius 2 is 2.19 bits per heavy atom. The molecule has 1 N–H and O–H groups in total. The molecule has 21 heavy (non-hydrogen) atoms. The molecule has 2 aromatic rings. The summed E-state index contributed by atoms with van der Waals surface area (Å²) >= 11 is 12.2. The lowest BCUT2D eigenvalue weighted by Crippen LogP contribution is -2.16. The van der Waals surface area contributed by atoms with Gasteiger partial charge in [-0.25, -0.2) is 4.98 Å². The van der Waals surface area contributed by atoms with Crippen molar-refractivity contribution < 1.29 is 9.84 Å². The molecule has 1 aromatic heterocycles. The molecule has 0 fully saturated rings. The molecule has 1 aromatic carbocycles. The third kappa shape index (κ3) is 4.97. The highest BCUT2D eigenvalue weighted by molar-refractivity contribution is 6.35. The second-order valence-corrected chi connectivity index (χ2v) is 5.48. The first-order chi connectivity index (χ1) is 10.2. The van der Waals surface area contributed by atoms with Gasteiger partial charge in [0.25, 0.3) is 0 Å². The number of halogens is 2. The summed E-state index contributed by atoms with van der Waals surface area (Å²) in [6.45, 7) is 1.73. The number of hydrogen-bond donors (Lipinski definition) is 1. The first-order valence-electron chi connectivity index (χ1n) is 6.66. The molecule has 1 atom stereocenters. The summed E-state index contributed by atoms with van der Waals surface area (Å²) < 4.78 is 7.35. The number of aliphatic hydroxyl groups excluding tert-OH is 1. The minimum absolute atomic E-state index is 0.0372. The summed E-state index contributed by atoms with van der Waals surface area (Å²) in [5.74, 6) is 0.0372. The van der Waals surface area contributed by atoms with Gasteiger partial charge in [-0.3, -0.25) is 4.68 Å². The van der Waals surface area contributed by atoms with Crippen LogP contribution in [0.2, 0.25) is 10.0 Å². The van der Waals surface area contributed by atoms with Crippen molar-refractivity contribution in [3.8, 4) is 0 Å². The Balaban J connectivity index is 2.10. The van der Waals surface area contributed by atoms with Crippen LogP contribution in [0.4, 0.5) is 0 Å². The van der Waals surface area contributed by atoms with Crippen molar-refractivity contribution in [2.45, 2.75) is 18.9 Å². The van der Waals surface area contributed by atoms with E-state index in [4.69, 9.17) is 33.0 Å². The monoisotopic (exact) mass is 329 g/mol. The zero-order chi connectivity index (χ0) is 15.1. The molecule has 1 unspecified atom stereocenters. The Morgan fingerprint density at radius 1 is 1.33 bits per heavy atom. The Hall–Kier alpha value is -1.14. The Bertz CT molecular complexity index is 549. The van der Waals surface area contributed by atoms with Gasteiger partial charge in [-0.15, -0.1) is 0 Å². The lowest BCUT2D eigenvalue weighted by Gasteiger charge is -2.19. The molecule has 0 amide bonds. The summed E-state index contributed by atoms with van der Waals surface area (Å²) in [4.78, 5) is 3.94. The zero-order valence-electron chi connectivity index (χ0n) is 11.5. The maximum atomic E-state index is 8.79. The van der Waals surface area contributed by atoms with E-state index in [1.165, 1.54) is 6.33 Å². The lowest BCUT2D eigenvalue weighted by molar-refractivity contribution is 0.0994. The van der Waals surface area contributed by atoms with Crippen molar-refractivity contribution >= 4 is 23.2 Å². The number of ether oxygens (including phenoxy) is 1. The van der Waals surface area contributed by atoms with E-state index in [-0.39, 0.29) is 12.5 Å². The van der Waals surface area contributed by atoms with Crippen LogP contribution in [0.3, 0.4) is 0 Å². The van der Waals surface area contributed by atoms with Gasteiger partial charge in [-0.1, -0.05) is 29.3 Å². The average molecular weight is 330 g/mol. The van der Waals surface area contributed by atoms with Gasteiger partial charge in [0.15, 0.2) is 0 Å². The minimum atomic E-state index is 0.0372. The number of benzene rings is 1. The molecule has 114 valence electrons. The van der Waals surface area contributed by atoms with Crippen LogP contribution in [0.15, 0.2) is 30.9 Å². The van der Waals surface area contributed by atoms with E-state index in [9.17, 15) is 0 Å². The summed E-state index contributed by atoms with van der Waals surface area (Å²) in [6.07, 6.45) is 3.77. The number of nitrogens with zero attached hydrogens (tertiary/aromatic N) is 3. The SMILES string of the molecule is OCCCOCC(Cn1cncn1)c1ccc(Cl)cc1Cl. The Labute approximate surface area is 133 Å². The molecule has 0 radical (unpaired) electrons. The Kier molecular flexibility index (Phi) is 6.45. The van der Waals surface area contributed by atoms with E-state index >= 15 is 0 Å². The van der Waals surface area contributed by atoms with Crippen LogP contribution in [0.5, 0.6) is 0 Å². The predicted octanol–water partition coefficient (Wildman–Crippen LogP) is 2.77. The Morgan fingerprint density at radius 3 is 2.86 bits per heavy atom. The summed E-state index contributed by atoms with van der Waals surface area (Å²) in [5.41, 5.74) is 0.959. The largest absolute Gasteiger partial charge is 0.396 e. The fourth-order valence-electron chi connectivity index (χ4n) is 2.02. The maximum Gasteiger partial charge on any atom is 0.137 e. The third-order valence-electron chi connectivity index (χ3n) is 3.04. The van der Waals surface area contributed by atoms with E-state index in [2.05, 4.69) is 10.1 Å². The quantitative estimate of drug-likeness (QED) is 0.756. The average Bonchev–Trinajstić information content (AvgIpc) is 2.95. The molecule has 1 heterocycles. The van der Waals surface area contributed by atoms with Gasteiger partial charge in [-0.2, -0.15) is 5.10 Å². The van der Waals surface area contributed by atoms with Crippen LogP contribution < -0.4 is 0 Å². The minimum Gasteiger partial charge on any atom is -0.396 e. The number of hydrogen-bond acceptors (Lipinski definition) is 4. The van der Waals surface area contributed by atoms with E-state index in [0.29, 0.717) is 36.2 Å². The molecule has 0 saturated heterocycles. The van der Waals surface area contributed by atoms with Crippen LogP contribution in [0.1, 0.15) is 17.9 Å². The zero-order valence-corrected chi connectivity index (χ0v) is 13.0. The second kappa shape index (κ2) is 8.34. The van der Waals surface area contributed by atoms with Crippen LogP contribution in [0, 0.1) is 0 Å². The van der Waals surface area contributed by atoms with Gasteiger partial charge < -0.3 is 9.84 Å². The summed E-state index contributed by atoms with van der Waals surface area (Å²) in [5, 5.41) is 14.1. The van der Waals surface area contributed by atoms with E-state index < -0.39 is 0 Å². The molecule has 5 nitrogen and oxygen atoms in total. The smallest absolute Gasteiger partial charge is 0.137 e. The first kappa shape index (κ1) is 16.2. The van der Waals surface area contributed by atoms with E-state index in [0.717, 1.165) is 5.56 Å². The summed E-state index contributed by atoms with van der Waals surface area (Å²) in [6, 6.07) is 5.44. The van der Waals surface area contributed by atoms with Gasteiger partial charge in [0.05, 0.1) is 13.2 Å². The second-order valence-electron chi connectivity index (χ2n) is 4.63. The van der Waals surface area contributed by atoms with Gasteiger partial charge in [0, 0.05) is 29.2 Å². The molecular weight excluding hydrogens is 313 g/mol. The number of rotatable bonds is 8. The topological polar surface area (TPSA) is 60.2 Å². The van der Waals surface area contributed by atoms with Gasteiger partial charge in [-0.05, 0) is 24.1 Å². The normalized spacial score (nSPS) is 12.5. The highest BCUT2D eigenvalue weighted by atomic mass is 35.5. The van der Waals surface area contributed by atoms with Crippen molar-refractivity contribution in [2.24, 2.45) is 0 Å². The predicted molar refractivity (Wildman–Crippen MR) is 81.7 cm³/mol. The van der Waals surface area contributed by atoms with Crippen LogP contribution in [-0.2, 0) is 11.3 Å². The standard InChI is InChI=1S/C14H17Cl2N3O2/c15-12-2-3-13(14(16)6-12)11(8-21-5-1-4-20)7-19-10-17-9-18-19/h2-3,6,9-11,20H,1,4-5,7-8H2. The fourth-order valence-corrected chi connectivity index (χ4v) is 2.58. The summed E-state index contributed by atoms with van der Waals surface area (Å²) in [7, 11) is 0.